The molecular weight excluding hydrogens is 295 g/mol. The second kappa shape index (κ2) is 6.53. The largest absolute Gasteiger partial charge is 0.371 e. The maximum Gasteiger partial charge on any atom is 0.146 e. The summed E-state index contributed by atoms with van der Waals surface area (Å²) in [5, 5.41) is 0.689. The van der Waals surface area contributed by atoms with Gasteiger partial charge in [0.05, 0.1) is 5.69 Å². The summed E-state index contributed by atoms with van der Waals surface area (Å²) in [4.78, 5) is 4.48. The van der Waals surface area contributed by atoms with E-state index in [2.05, 4.69) is 20.8 Å². The number of hydrogen-bond acceptors (Lipinski definition) is 2. The normalized spacial score (nSPS) is 16.2. The van der Waals surface area contributed by atoms with Gasteiger partial charge in [-0.25, -0.2) is 4.39 Å². The van der Waals surface area contributed by atoms with Gasteiger partial charge in [-0.3, -0.25) is 0 Å². The van der Waals surface area contributed by atoms with Crippen molar-refractivity contribution < 1.29 is 4.39 Å². The zero-order valence-corrected chi connectivity index (χ0v) is 12.4. The SMILES string of the molecule is CN(CCN1CCCC1)c1c(F)cccc1CBr. The predicted octanol–water partition coefficient (Wildman–Crippen LogP) is 3.25. The van der Waals surface area contributed by atoms with Crippen molar-refractivity contribution in [2.75, 3.05) is 38.1 Å². The molecular formula is C14H20BrFN2. The van der Waals surface area contributed by atoms with Gasteiger partial charge in [0, 0.05) is 25.5 Å². The molecule has 0 bridgehead atoms. The van der Waals surface area contributed by atoms with Gasteiger partial charge in [-0.05, 0) is 37.6 Å². The average Bonchev–Trinajstić information content (AvgIpc) is 2.88. The van der Waals surface area contributed by atoms with Crippen molar-refractivity contribution in [2.45, 2.75) is 18.2 Å². The quantitative estimate of drug-likeness (QED) is 0.770. The Bertz CT molecular complexity index is 391. The number of rotatable bonds is 5. The van der Waals surface area contributed by atoms with Crippen molar-refractivity contribution in [3.05, 3.63) is 29.6 Å². The van der Waals surface area contributed by atoms with E-state index < -0.39 is 0 Å². The summed E-state index contributed by atoms with van der Waals surface area (Å²) in [7, 11) is 1.97. The van der Waals surface area contributed by atoms with Crippen LogP contribution in [0, 0.1) is 5.82 Å². The minimum Gasteiger partial charge on any atom is -0.371 e. The van der Waals surface area contributed by atoms with Crippen LogP contribution in [0.15, 0.2) is 18.2 Å². The van der Waals surface area contributed by atoms with E-state index in [9.17, 15) is 4.39 Å². The monoisotopic (exact) mass is 314 g/mol. The molecule has 1 heterocycles. The van der Waals surface area contributed by atoms with Crippen molar-refractivity contribution in [3.8, 4) is 0 Å². The minimum absolute atomic E-state index is 0.129. The van der Waals surface area contributed by atoms with Gasteiger partial charge >= 0.3 is 0 Å². The molecule has 2 rings (SSSR count). The van der Waals surface area contributed by atoms with Crippen LogP contribution < -0.4 is 4.90 Å². The van der Waals surface area contributed by atoms with E-state index in [4.69, 9.17) is 0 Å². The Balaban J connectivity index is 2.01. The number of para-hydroxylation sites is 1. The molecule has 4 heteroatoms. The van der Waals surface area contributed by atoms with Crippen molar-refractivity contribution in [3.63, 3.8) is 0 Å². The first kappa shape index (κ1) is 13.8. The van der Waals surface area contributed by atoms with E-state index in [1.807, 2.05) is 18.0 Å². The molecule has 1 aromatic carbocycles. The summed E-state index contributed by atoms with van der Waals surface area (Å²) in [6.45, 7) is 4.28. The van der Waals surface area contributed by atoms with Crippen LogP contribution in [-0.4, -0.2) is 38.1 Å². The molecule has 0 saturated carbocycles. The molecule has 1 fully saturated rings. The molecule has 100 valence electrons. The molecule has 1 aliphatic rings. The topological polar surface area (TPSA) is 6.48 Å². The fourth-order valence-electron chi connectivity index (χ4n) is 2.50. The molecule has 0 unspecified atom stereocenters. The highest BCUT2D eigenvalue weighted by Crippen LogP contribution is 2.25. The lowest BCUT2D eigenvalue weighted by atomic mass is 10.2. The molecule has 18 heavy (non-hydrogen) atoms. The number of benzene rings is 1. The van der Waals surface area contributed by atoms with Crippen molar-refractivity contribution in [2.24, 2.45) is 0 Å². The fraction of sp³-hybridized carbons (Fsp3) is 0.571. The number of anilines is 1. The summed E-state index contributed by atoms with van der Waals surface area (Å²) >= 11 is 3.42. The highest BCUT2D eigenvalue weighted by molar-refractivity contribution is 9.08. The second-order valence-corrected chi connectivity index (χ2v) is 5.41. The number of alkyl halides is 1. The minimum atomic E-state index is -0.129. The smallest absolute Gasteiger partial charge is 0.146 e. The van der Waals surface area contributed by atoms with Crippen molar-refractivity contribution in [1.29, 1.82) is 0 Å². The number of likely N-dealkylation sites (tertiary alicyclic amines) is 1. The molecule has 2 nitrogen and oxygen atoms in total. The molecule has 1 aromatic rings. The lowest BCUT2D eigenvalue weighted by Gasteiger charge is -2.25. The Kier molecular flexibility index (Phi) is 5.01. The van der Waals surface area contributed by atoms with Crippen LogP contribution in [0.5, 0.6) is 0 Å². The highest BCUT2D eigenvalue weighted by Gasteiger charge is 2.15. The second-order valence-electron chi connectivity index (χ2n) is 4.85. The molecule has 0 amide bonds. The van der Waals surface area contributed by atoms with Crippen LogP contribution in [0.4, 0.5) is 10.1 Å². The Hall–Kier alpha value is -0.610. The zero-order valence-electron chi connectivity index (χ0n) is 10.8. The van der Waals surface area contributed by atoms with E-state index in [1.165, 1.54) is 32.0 Å². The van der Waals surface area contributed by atoms with Gasteiger partial charge in [0.2, 0.25) is 0 Å². The number of halogens is 2. The molecule has 0 spiro atoms. The van der Waals surface area contributed by atoms with Crippen molar-refractivity contribution >= 4 is 21.6 Å². The van der Waals surface area contributed by atoms with Gasteiger partial charge in [-0.15, -0.1) is 0 Å². The zero-order chi connectivity index (χ0) is 13.0. The maximum absolute atomic E-state index is 13.9. The van der Waals surface area contributed by atoms with Gasteiger partial charge in [0.1, 0.15) is 5.82 Å². The number of nitrogens with zero attached hydrogens (tertiary/aromatic N) is 2. The van der Waals surface area contributed by atoms with Gasteiger partial charge in [-0.1, -0.05) is 28.1 Å². The van der Waals surface area contributed by atoms with Crippen molar-refractivity contribution in [1.82, 2.24) is 4.90 Å². The predicted molar refractivity (Wildman–Crippen MR) is 78.0 cm³/mol. The summed E-state index contributed by atoms with van der Waals surface area (Å²) in [6, 6.07) is 5.27. The van der Waals surface area contributed by atoms with Gasteiger partial charge in [-0.2, -0.15) is 0 Å². The summed E-state index contributed by atoms with van der Waals surface area (Å²) in [6.07, 6.45) is 2.60. The standard InChI is InChI=1S/C14H20BrFN2/c1-17(9-10-18-7-2-3-8-18)14-12(11-15)5-4-6-13(14)16/h4-6H,2-3,7-11H2,1H3. The van der Waals surface area contributed by atoms with E-state index in [1.54, 1.807) is 6.07 Å². The average molecular weight is 315 g/mol. The summed E-state index contributed by atoms with van der Waals surface area (Å²) in [5.74, 6) is -0.129. The van der Waals surface area contributed by atoms with Crippen LogP contribution in [0.25, 0.3) is 0 Å². The summed E-state index contributed by atoms with van der Waals surface area (Å²) in [5.41, 5.74) is 1.74. The molecule has 0 atom stereocenters. The molecule has 0 aromatic heterocycles. The third-order valence-electron chi connectivity index (χ3n) is 3.55. The lowest BCUT2D eigenvalue weighted by molar-refractivity contribution is 0.346. The number of likely N-dealkylation sites (N-methyl/N-ethyl adjacent to an activating group) is 1. The lowest BCUT2D eigenvalue weighted by Crippen LogP contribution is -2.32. The highest BCUT2D eigenvalue weighted by atomic mass is 79.9. The van der Waals surface area contributed by atoms with Crippen LogP contribution in [0.3, 0.4) is 0 Å². The molecule has 1 aliphatic heterocycles. The van der Waals surface area contributed by atoms with Gasteiger partial charge in [0.15, 0.2) is 0 Å². The first-order valence-corrected chi connectivity index (χ1v) is 7.61. The molecule has 1 saturated heterocycles. The van der Waals surface area contributed by atoms with E-state index in [0.29, 0.717) is 5.33 Å². The third-order valence-corrected chi connectivity index (χ3v) is 4.15. The van der Waals surface area contributed by atoms with E-state index >= 15 is 0 Å². The van der Waals surface area contributed by atoms with Crippen LogP contribution in [0.2, 0.25) is 0 Å². The molecule has 0 N–H and O–H groups in total. The first-order chi connectivity index (χ1) is 8.72. The summed E-state index contributed by atoms with van der Waals surface area (Å²) < 4.78 is 13.9. The van der Waals surface area contributed by atoms with Crippen LogP contribution in [-0.2, 0) is 5.33 Å². The van der Waals surface area contributed by atoms with Gasteiger partial charge < -0.3 is 9.80 Å². The van der Waals surface area contributed by atoms with Crippen LogP contribution >= 0.6 is 15.9 Å². The molecule has 0 aliphatic carbocycles. The fourth-order valence-corrected chi connectivity index (χ4v) is 2.96. The van der Waals surface area contributed by atoms with Gasteiger partial charge in [0.25, 0.3) is 0 Å². The Morgan fingerprint density at radius 1 is 1.33 bits per heavy atom. The Morgan fingerprint density at radius 3 is 2.72 bits per heavy atom. The Labute approximate surface area is 117 Å². The van der Waals surface area contributed by atoms with E-state index in [0.717, 1.165) is 24.3 Å². The third kappa shape index (κ3) is 3.23. The Morgan fingerprint density at radius 2 is 2.06 bits per heavy atom. The molecule has 0 radical (unpaired) electrons. The van der Waals surface area contributed by atoms with Crippen LogP contribution in [0.1, 0.15) is 18.4 Å². The number of hydrogen-bond donors (Lipinski definition) is 0. The maximum atomic E-state index is 13.9. The first-order valence-electron chi connectivity index (χ1n) is 6.49. The van der Waals surface area contributed by atoms with E-state index in [-0.39, 0.29) is 5.82 Å².